The molecule has 0 unspecified atom stereocenters. The normalized spacial score (nSPS) is 11.0. The zero-order valence-electron chi connectivity index (χ0n) is 13.6. The fourth-order valence-corrected chi connectivity index (χ4v) is 2.59. The molecule has 0 spiro atoms. The number of carbonyl (C=O) groups is 2. The molecule has 0 aliphatic heterocycles. The standard InChI is InChI=1S/C18H17N3O3/c1-11-8-13(9-14(10-19)17(22)20-3)12(2)21(11)16-7-5-4-6-15(16)18(23)24/h4-9H,1-3H3,(H,20,22)(H,23,24)/b14-9-. The number of likely N-dealkylation sites (N-methyl/N-ethyl adjacent to an activating group) is 1. The zero-order valence-corrected chi connectivity index (χ0v) is 13.6. The summed E-state index contributed by atoms with van der Waals surface area (Å²) in [7, 11) is 1.46. The van der Waals surface area contributed by atoms with Gasteiger partial charge in [0.05, 0.1) is 11.3 Å². The smallest absolute Gasteiger partial charge is 0.337 e. The molecule has 2 aromatic rings. The number of carbonyl (C=O) groups excluding carboxylic acids is 1. The van der Waals surface area contributed by atoms with Crippen LogP contribution in [0.25, 0.3) is 11.8 Å². The van der Waals surface area contributed by atoms with Gasteiger partial charge < -0.3 is 15.0 Å². The molecule has 1 aromatic carbocycles. The van der Waals surface area contributed by atoms with E-state index in [0.29, 0.717) is 11.3 Å². The Balaban J connectivity index is 2.64. The van der Waals surface area contributed by atoms with Gasteiger partial charge in [-0.3, -0.25) is 4.79 Å². The van der Waals surface area contributed by atoms with Gasteiger partial charge in [-0.1, -0.05) is 12.1 Å². The second-order valence-corrected chi connectivity index (χ2v) is 5.23. The second kappa shape index (κ2) is 6.84. The van der Waals surface area contributed by atoms with Gasteiger partial charge in [-0.2, -0.15) is 5.26 Å². The monoisotopic (exact) mass is 323 g/mol. The number of aryl methyl sites for hydroxylation is 1. The quantitative estimate of drug-likeness (QED) is 0.667. The van der Waals surface area contributed by atoms with Gasteiger partial charge in [-0.25, -0.2) is 4.79 Å². The van der Waals surface area contributed by atoms with Crippen LogP contribution in [0.4, 0.5) is 0 Å². The van der Waals surface area contributed by atoms with Gasteiger partial charge in [-0.05, 0) is 43.7 Å². The van der Waals surface area contributed by atoms with Gasteiger partial charge in [0.1, 0.15) is 11.6 Å². The number of para-hydroxylation sites is 1. The molecule has 2 rings (SSSR count). The lowest BCUT2D eigenvalue weighted by Gasteiger charge is -2.12. The van der Waals surface area contributed by atoms with Crippen LogP contribution in [0.2, 0.25) is 0 Å². The minimum atomic E-state index is -1.02. The Hall–Kier alpha value is -3.33. The van der Waals surface area contributed by atoms with Crippen LogP contribution in [0, 0.1) is 25.2 Å². The summed E-state index contributed by atoms with van der Waals surface area (Å²) >= 11 is 0. The molecule has 0 fully saturated rings. The number of nitrogens with zero attached hydrogens (tertiary/aromatic N) is 2. The van der Waals surface area contributed by atoms with Crippen molar-refractivity contribution in [3.8, 4) is 11.8 Å². The van der Waals surface area contributed by atoms with Crippen LogP contribution in [0.5, 0.6) is 0 Å². The lowest BCUT2D eigenvalue weighted by molar-refractivity contribution is -0.116. The summed E-state index contributed by atoms with van der Waals surface area (Å²) in [5.74, 6) is -1.48. The van der Waals surface area contributed by atoms with Crippen LogP contribution < -0.4 is 5.32 Å². The van der Waals surface area contributed by atoms with Gasteiger partial charge in [0, 0.05) is 18.4 Å². The molecule has 6 nitrogen and oxygen atoms in total. The molecule has 0 radical (unpaired) electrons. The van der Waals surface area contributed by atoms with Crippen molar-refractivity contribution in [2.45, 2.75) is 13.8 Å². The highest BCUT2D eigenvalue weighted by Gasteiger charge is 2.17. The molecule has 6 heteroatoms. The Morgan fingerprint density at radius 2 is 1.96 bits per heavy atom. The molecule has 1 amide bonds. The molecule has 0 saturated carbocycles. The SMILES string of the molecule is CNC(=O)/C(C#N)=C\c1cc(C)n(-c2ccccc2C(=O)O)c1C. The molecule has 0 atom stereocenters. The average Bonchev–Trinajstić information content (AvgIpc) is 2.85. The molecule has 1 aromatic heterocycles. The third kappa shape index (κ3) is 3.06. The van der Waals surface area contributed by atoms with Crippen LogP contribution in [-0.4, -0.2) is 28.6 Å². The molecule has 1 heterocycles. The van der Waals surface area contributed by atoms with Crippen LogP contribution in [0.3, 0.4) is 0 Å². The van der Waals surface area contributed by atoms with E-state index in [1.165, 1.54) is 19.2 Å². The van der Waals surface area contributed by atoms with Gasteiger partial charge in [0.2, 0.25) is 0 Å². The van der Waals surface area contributed by atoms with E-state index in [-0.39, 0.29) is 11.1 Å². The van der Waals surface area contributed by atoms with E-state index in [0.717, 1.165) is 11.4 Å². The molecular formula is C18H17N3O3. The maximum absolute atomic E-state index is 11.7. The predicted molar refractivity (Wildman–Crippen MR) is 89.9 cm³/mol. The second-order valence-electron chi connectivity index (χ2n) is 5.23. The molecule has 24 heavy (non-hydrogen) atoms. The Kier molecular flexibility index (Phi) is 4.85. The van der Waals surface area contributed by atoms with Crippen molar-refractivity contribution in [1.29, 1.82) is 5.26 Å². The number of aromatic nitrogens is 1. The Bertz CT molecular complexity index is 885. The summed E-state index contributed by atoms with van der Waals surface area (Å²) in [5.41, 5.74) is 2.95. The van der Waals surface area contributed by atoms with E-state index < -0.39 is 11.9 Å². The Morgan fingerprint density at radius 3 is 2.54 bits per heavy atom. The van der Waals surface area contributed by atoms with Gasteiger partial charge in [-0.15, -0.1) is 0 Å². The first kappa shape index (κ1) is 17.0. The molecule has 0 aliphatic rings. The van der Waals surface area contributed by atoms with Crippen molar-refractivity contribution in [2.24, 2.45) is 0 Å². The molecule has 0 bridgehead atoms. The van der Waals surface area contributed by atoms with Crippen LogP contribution in [0.15, 0.2) is 35.9 Å². The first-order valence-electron chi connectivity index (χ1n) is 7.26. The lowest BCUT2D eigenvalue weighted by Crippen LogP contribution is -2.19. The van der Waals surface area contributed by atoms with Crippen molar-refractivity contribution in [1.82, 2.24) is 9.88 Å². The largest absolute Gasteiger partial charge is 0.478 e. The number of aromatic carboxylic acids is 1. The van der Waals surface area contributed by atoms with Crippen molar-refractivity contribution >= 4 is 18.0 Å². The average molecular weight is 323 g/mol. The lowest BCUT2D eigenvalue weighted by atomic mass is 10.1. The van der Waals surface area contributed by atoms with Gasteiger partial charge in [0.25, 0.3) is 5.91 Å². The number of benzene rings is 1. The minimum Gasteiger partial charge on any atom is -0.478 e. The summed E-state index contributed by atoms with van der Waals surface area (Å²) in [6.45, 7) is 3.66. The van der Waals surface area contributed by atoms with Crippen LogP contribution in [0.1, 0.15) is 27.3 Å². The Labute approximate surface area is 139 Å². The third-order valence-electron chi connectivity index (χ3n) is 3.74. The summed E-state index contributed by atoms with van der Waals surface area (Å²) < 4.78 is 1.80. The van der Waals surface area contributed by atoms with E-state index in [4.69, 9.17) is 5.26 Å². The fraction of sp³-hybridized carbons (Fsp3) is 0.167. The predicted octanol–water partition coefficient (Wildman–Crippen LogP) is 2.45. The Morgan fingerprint density at radius 1 is 1.29 bits per heavy atom. The number of nitrogens with one attached hydrogen (secondary N) is 1. The molecule has 0 aliphatic carbocycles. The highest BCUT2D eigenvalue weighted by Crippen LogP contribution is 2.25. The molecule has 122 valence electrons. The van der Waals surface area contributed by atoms with E-state index in [2.05, 4.69) is 5.32 Å². The van der Waals surface area contributed by atoms with Crippen molar-refractivity contribution < 1.29 is 14.7 Å². The number of hydrogen-bond donors (Lipinski definition) is 2. The number of rotatable bonds is 4. The summed E-state index contributed by atoms with van der Waals surface area (Å²) in [6.07, 6.45) is 1.50. The number of amides is 1. The van der Waals surface area contributed by atoms with E-state index in [9.17, 15) is 14.7 Å². The number of carboxylic acid groups (broad SMARTS) is 1. The number of hydrogen-bond acceptors (Lipinski definition) is 3. The van der Waals surface area contributed by atoms with Crippen molar-refractivity contribution in [3.05, 3.63) is 58.4 Å². The van der Waals surface area contributed by atoms with Crippen LogP contribution >= 0.6 is 0 Å². The zero-order chi connectivity index (χ0) is 17.9. The number of nitriles is 1. The maximum atomic E-state index is 11.7. The van der Waals surface area contributed by atoms with Crippen LogP contribution in [-0.2, 0) is 4.79 Å². The van der Waals surface area contributed by atoms with Crippen molar-refractivity contribution in [2.75, 3.05) is 7.05 Å². The fourth-order valence-electron chi connectivity index (χ4n) is 2.59. The number of carboxylic acids is 1. The molecule has 0 saturated heterocycles. The highest BCUT2D eigenvalue weighted by atomic mass is 16.4. The summed E-state index contributed by atoms with van der Waals surface area (Å²) in [6, 6.07) is 10.4. The maximum Gasteiger partial charge on any atom is 0.337 e. The highest BCUT2D eigenvalue weighted by molar-refractivity contribution is 6.01. The molecular weight excluding hydrogens is 306 g/mol. The van der Waals surface area contributed by atoms with E-state index >= 15 is 0 Å². The van der Waals surface area contributed by atoms with E-state index in [1.54, 1.807) is 22.8 Å². The summed E-state index contributed by atoms with van der Waals surface area (Å²) in [4.78, 5) is 23.1. The first-order chi connectivity index (χ1) is 11.4. The first-order valence-corrected chi connectivity index (χ1v) is 7.26. The van der Waals surface area contributed by atoms with Gasteiger partial charge in [0.15, 0.2) is 0 Å². The molecule has 2 N–H and O–H groups in total. The summed E-state index contributed by atoms with van der Waals surface area (Å²) in [5, 5.41) is 20.9. The minimum absolute atomic E-state index is 0.00994. The van der Waals surface area contributed by atoms with Gasteiger partial charge >= 0.3 is 5.97 Å². The topological polar surface area (TPSA) is 95.1 Å². The third-order valence-corrected chi connectivity index (χ3v) is 3.74. The van der Waals surface area contributed by atoms with E-state index in [1.807, 2.05) is 26.0 Å². The van der Waals surface area contributed by atoms with Crippen molar-refractivity contribution in [3.63, 3.8) is 0 Å².